The zero-order valence-electron chi connectivity index (χ0n) is 10.2. The van der Waals surface area contributed by atoms with Gasteiger partial charge in [0.25, 0.3) is 0 Å². The van der Waals surface area contributed by atoms with Crippen molar-refractivity contribution in [3.05, 3.63) is 35.4 Å². The van der Waals surface area contributed by atoms with E-state index in [9.17, 15) is 0 Å². The van der Waals surface area contributed by atoms with Crippen molar-refractivity contribution in [1.82, 2.24) is 0 Å². The third-order valence-corrected chi connectivity index (χ3v) is 3.22. The number of hydrogen-bond donors (Lipinski definition) is 1. The molecule has 1 heteroatoms. The molecule has 0 fully saturated rings. The first kappa shape index (κ1) is 12.3. The van der Waals surface area contributed by atoms with E-state index in [1.54, 1.807) is 0 Å². The van der Waals surface area contributed by atoms with E-state index in [1.807, 2.05) is 0 Å². The predicted molar refractivity (Wildman–Crippen MR) is 67.0 cm³/mol. The molecule has 0 heterocycles. The summed E-state index contributed by atoms with van der Waals surface area (Å²) in [5.74, 6) is 1.29. The molecular formula is C14H23N. The Morgan fingerprint density at radius 3 is 2.27 bits per heavy atom. The molecule has 2 unspecified atom stereocenters. The molecule has 0 amide bonds. The van der Waals surface area contributed by atoms with Crippen LogP contribution >= 0.6 is 0 Å². The number of nitrogens with two attached hydrogens (primary N) is 1. The first-order chi connectivity index (χ1) is 7.17. The second-order valence-electron chi connectivity index (χ2n) is 4.59. The average molecular weight is 205 g/mol. The summed E-state index contributed by atoms with van der Waals surface area (Å²) in [6, 6.07) is 8.79. The molecule has 1 aromatic carbocycles. The molecule has 0 aliphatic rings. The summed E-state index contributed by atoms with van der Waals surface area (Å²) in [6.07, 6.45) is 2.44. The highest BCUT2D eigenvalue weighted by atomic mass is 14.5. The Morgan fingerprint density at radius 2 is 1.80 bits per heavy atom. The maximum absolute atomic E-state index is 5.85. The SMILES string of the molecule is CCC(C)CC(CN)c1ccc(C)cc1. The Hall–Kier alpha value is -0.820. The van der Waals surface area contributed by atoms with Crippen molar-refractivity contribution in [1.29, 1.82) is 0 Å². The monoisotopic (exact) mass is 205 g/mol. The smallest absolute Gasteiger partial charge is 0.000814 e. The summed E-state index contributed by atoms with van der Waals surface area (Å²) in [5, 5.41) is 0. The van der Waals surface area contributed by atoms with Gasteiger partial charge in [-0.2, -0.15) is 0 Å². The Kier molecular flexibility index (Phi) is 4.83. The van der Waals surface area contributed by atoms with Gasteiger partial charge in [0.15, 0.2) is 0 Å². The molecule has 0 spiro atoms. The van der Waals surface area contributed by atoms with Gasteiger partial charge in [-0.3, -0.25) is 0 Å². The summed E-state index contributed by atoms with van der Waals surface area (Å²) in [6.45, 7) is 7.42. The van der Waals surface area contributed by atoms with Gasteiger partial charge in [0.1, 0.15) is 0 Å². The fourth-order valence-electron chi connectivity index (χ4n) is 1.86. The van der Waals surface area contributed by atoms with E-state index < -0.39 is 0 Å². The van der Waals surface area contributed by atoms with Gasteiger partial charge in [0.05, 0.1) is 0 Å². The van der Waals surface area contributed by atoms with Gasteiger partial charge in [-0.25, -0.2) is 0 Å². The lowest BCUT2D eigenvalue weighted by atomic mass is 9.88. The third-order valence-electron chi connectivity index (χ3n) is 3.22. The molecule has 84 valence electrons. The molecule has 2 N–H and O–H groups in total. The molecule has 0 saturated carbocycles. The van der Waals surface area contributed by atoms with Crippen LogP contribution in [0.4, 0.5) is 0 Å². The number of aryl methyl sites for hydroxylation is 1. The van der Waals surface area contributed by atoms with Crippen molar-refractivity contribution >= 4 is 0 Å². The Labute approximate surface area is 93.7 Å². The number of hydrogen-bond acceptors (Lipinski definition) is 1. The predicted octanol–water partition coefficient (Wildman–Crippen LogP) is 3.47. The minimum absolute atomic E-state index is 0.528. The lowest BCUT2D eigenvalue weighted by Gasteiger charge is -2.19. The Bertz CT molecular complexity index is 276. The van der Waals surface area contributed by atoms with Crippen LogP contribution < -0.4 is 5.73 Å². The number of benzene rings is 1. The lowest BCUT2D eigenvalue weighted by Crippen LogP contribution is -2.15. The van der Waals surface area contributed by atoms with E-state index in [0.717, 1.165) is 12.5 Å². The van der Waals surface area contributed by atoms with Crippen molar-refractivity contribution in [3.8, 4) is 0 Å². The van der Waals surface area contributed by atoms with Crippen molar-refractivity contribution in [3.63, 3.8) is 0 Å². The van der Waals surface area contributed by atoms with Crippen LogP contribution in [-0.2, 0) is 0 Å². The number of rotatable bonds is 5. The maximum Gasteiger partial charge on any atom is -0.000814 e. The van der Waals surface area contributed by atoms with E-state index in [0.29, 0.717) is 5.92 Å². The highest BCUT2D eigenvalue weighted by Gasteiger charge is 2.12. The van der Waals surface area contributed by atoms with Crippen LogP contribution in [0.1, 0.15) is 43.7 Å². The standard InChI is InChI=1S/C14H23N/c1-4-11(2)9-14(10-15)13-7-5-12(3)6-8-13/h5-8,11,14H,4,9-10,15H2,1-3H3. The average Bonchev–Trinajstić information content (AvgIpc) is 2.27. The van der Waals surface area contributed by atoms with Crippen LogP contribution in [0.15, 0.2) is 24.3 Å². The highest BCUT2D eigenvalue weighted by Crippen LogP contribution is 2.24. The topological polar surface area (TPSA) is 26.0 Å². The second-order valence-corrected chi connectivity index (χ2v) is 4.59. The fourth-order valence-corrected chi connectivity index (χ4v) is 1.86. The molecule has 0 aromatic heterocycles. The van der Waals surface area contributed by atoms with E-state index >= 15 is 0 Å². The van der Waals surface area contributed by atoms with Crippen LogP contribution in [-0.4, -0.2) is 6.54 Å². The van der Waals surface area contributed by atoms with Crippen LogP contribution in [0.2, 0.25) is 0 Å². The summed E-state index contributed by atoms with van der Waals surface area (Å²) in [7, 11) is 0. The normalized spacial score (nSPS) is 14.9. The zero-order valence-corrected chi connectivity index (χ0v) is 10.2. The van der Waals surface area contributed by atoms with Crippen molar-refractivity contribution in [2.24, 2.45) is 11.7 Å². The first-order valence-electron chi connectivity index (χ1n) is 5.94. The van der Waals surface area contributed by atoms with Crippen LogP contribution in [0.3, 0.4) is 0 Å². The molecule has 0 saturated heterocycles. The second kappa shape index (κ2) is 5.92. The van der Waals surface area contributed by atoms with Gasteiger partial charge in [-0.1, -0.05) is 50.1 Å². The van der Waals surface area contributed by atoms with Gasteiger partial charge in [0.2, 0.25) is 0 Å². The van der Waals surface area contributed by atoms with Crippen LogP contribution in [0.5, 0.6) is 0 Å². The molecule has 0 aliphatic heterocycles. The van der Waals surface area contributed by atoms with Crippen LogP contribution in [0, 0.1) is 12.8 Å². The minimum atomic E-state index is 0.528. The van der Waals surface area contributed by atoms with Crippen LogP contribution in [0.25, 0.3) is 0 Å². The quantitative estimate of drug-likeness (QED) is 0.782. The molecule has 0 radical (unpaired) electrons. The maximum atomic E-state index is 5.85. The van der Waals surface area contributed by atoms with Crippen molar-refractivity contribution < 1.29 is 0 Å². The largest absolute Gasteiger partial charge is 0.330 e. The highest BCUT2D eigenvalue weighted by molar-refractivity contribution is 5.24. The summed E-state index contributed by atoms with van der Waals surface area (Å²) in [4.78, 5) is 0. The summed E-state index contributed by atoms with van der Waals surface area (Å²) >= 11 is 0. The van der Waals surface area contributed by atoms with Gasteiger partial charge in [0, 0.05) is 0 Å². The van der Waals surface area contributed by atoms with E-state index in [2.05, 4.69) is 45.0 Å². The third kappa shape index (κ3) is 3.67. The Morgan fingerprint density at radius 1 is 1.20 bits per heavy atom. The molecular weight excluding hydrogens is 182 g/mol. The van der Waals surface area contributed by atoms with Crippen molar-refractivity contribution in [2.45, 2.75) is 39.5 Å². The molecule has 1 aromatic rings. The minimum Gasteiger partial charge on any atom is -0.330 e. The molecule has 2 atom stereocenters. The molecule has 1 nitrogen and oxygen atoms in total. The van der Waals surface area contributed by atoms with E-state index in [4.69, 9.17) is 5.73 Å². The van der Waals surface area contributed by atoms with Gasteiger partial charge >= 0.3 is 0 Å². The molecule has 1 rings (SSSR count). The first-order valence-corrected chi connectivity index (χ1v) is 5.94. The molecule has 0 bridgehead atoms. The zero-order chi connectivity index (χ0) is 11.3. The molecule has 15 heavy (non-hydrogen) atoms. The van der Waals surface area contributed by atoms with Gasteiger partial charge < -0.3 is 5.73 Å². The van der Waals surface area contributed by atoms with Crippen molar-refractivity contribution in [2.75, 3.05) is 6.54 Å². The summed E-state index contributed by atoms with van der Waals surface area (Å²) < 4.78 is 0. The van der Waals surface area contributed by atoms with E-state index in [1.165, 1.54) is 24.0 Å². The van der Waals surface area contributed by atoms with Gasteiger partial charge in [-0.05, 0) is 37.3 Å². The van der Waals surface area contributed by atoms with Gasteiger partial charge in [-0.15, -0.1) is 0 Å². The Balaban J connectivity index is 2.69. The lowest BCUT2D eigenvalue weighted by molar-refractivity contribution is 0.458. The molecule has 0 aliphatic carbocycles. The fraction of sp³-hybridized carbons (Fsp3) is 0.571. The van der Waals surface area contributed by atoms with E-state index in [-0.39, 0.29) is 0 Å². The summed E-state index contributed by atoms with van der Waals surface area (Å²) in [5.41, 5.74) is 8.56.